The van der Waals surface area contributed by atoms with Gasteiger partial charge in [0.25, 0.3) is 0 Å². The Hall–Kier alpha value is -0.820. The normalized spacial score (nSPS) is 18.8. The fourth-order valence-corrected chi connectivity index (χ4v) is 3.38. The Morgan fingerprint density at radius 1 is 1.26 bits per heavy atom. The molecule has 1 saturated heterocycles. The molecule has 1 rings (SSSR count). The second kappa shape index (κ2) is 7.69. The maximum atomic E-state index is 12.0. The first-order valence-corrected chi connectivity index (χ1v) is 8.59. The molecular formula is C12H25N3O3S. The summed E-state index contributed by atoms with van der Waals surface area (Å²) in [5.41, 5.74) is 0. The van der Waals surface area contributed by atoms with Crippen LogP contribution in [-0.2, 0) is 10.0 Å². The predicted octanol–water partition coefficient (Wildman–Crippen LogP) is 0.900. The lowest BCUT2D eigenvalue weighted by molar-refractivity contribution is 0.238. The molecule has 1 unspecified atom stereocenters. The molecule has 0 radical (unpaired) electrons. The van der Waals surface area contributed by atoms with Gasteiger partial charge in [0, 0.05) is 25.7 Å². The Kier molecular flexibility index (Phi) is 6.57. The van der Waals surface area contributed by atoms with E-state index >= 15 is 0 Å². The van der Waals surface area contributed by atoms with Gasteiger partial charge in [-0.05, 0) is 26.2 Å². The second-order valence-corrected chi connectivity index (χ2v) is 7.07. The smallest absolute Gasteiger partial charge is 0.315 e. The van der Waals surface area contributed by atoms with Gasteiger partial charge in [-0.15, -0.1) is 0 Å². The lowest BCUT2D eigenvalue weighted by atomic mass is 10.2. The fourth-order valence-electron chi connectivity index (χ4n) is 1.94. The molecule has 0 aliphatic carbocycles. The van der Waals surface area contributed by atoms with Crippen molar-refractivity contribution in [3.8, 4) is 0 Å². The van der Waals surface area contributed by atoms with Crippen LogP contribution < -0.4 is 10.6 Å². The number of amides is 2. The largest absolute Gasteiger partial charge is 0.337 e. The van der Waals surface area contributed by atoms with E-state index in [0.717, 1.165) is 25.7 Å². The molecule has 0 aromatic rings. The van der Waals surface area contributed by atoms with E-state index < -0.39 is 10.0 Å². The third-order valence-corrected chi connectivity index (χ3v) is 5.22. The first-order valence-electron chi connectivity index (χ1n) is 6.98. The number of nitrogens with zero attached hydrogens (tertiary/aromatic N) is 1. The van der Waals surface area contributed by atoms with E-state index in [-0.39, 0.29) is 24.4 Å². The molecular weight excluding hydrogens is 266 g/mol. The van der Waals surface area contributed by atoms with E-state index in [2.05, 4.69) is 10.6 Å². The summed E-state index contributed by atoms with van der Waals surface area (Å²) in [7, 11) is -3.22. The zero-order valence-electron chi connectivity index (χ0n) is 11.8. The van der Waals surface area contributed by atoms with Crippen LogP contribution in [0.2, 0.25) is 0 Å². The van der Waals surface area contributed by atoms with Gasteiger partial charge in [0.1, 0.15) is 0 Å². The Bertz CT molecular complexity index is 378. The molecule has 6 nitrogen and oxygen atoms in total. The van der Waals surface area contributed by atoms with Gasteiger partial charge in [0.05, 0.1) is 5.75 Å². The van der Waals surface area contributed by atoms with E-state index in [4.69, 9.17) is 0 Å². The Morgan fingerprint density at radius 3 is 2.47 bits per heavy atom. The highest BCUT2D eigenvalue weighted by Crippen LogP contribution is 2.12. The Balaban J connectivity index is 2.29. The molecule has 0 spiro atoms. The third kappa shape index (κ3) is 5.78. The molecule has 1 fully saturated rings. The minimum atomic E-state index is -3.22. The molecule has 1 aliphatic rings. The summed E-state index contributed by atoms with van der Waals surface area (Å²) in [5, 5.41) is 5.32. The van der Waals surface area contributed by atoms with E-state index in [1.165, 1.54) is 4.31 Å². The van der Waals surface area contributed by atoms with Crippen molar-refractivity contribution in [3.63, 3.8) is 0 Å². The number of nitrogens with one attached hydrogen (secondary N) is 2. The maximum absolute atomic E-state index is 12.0. The number of carbonyl (C=O) groups is 1. The maximum Gasteiger partial charge on any atom is 0.315 e. The number of hydrogen-bond donors (Lipinski definition) is 2. The van der Waals surface area contributed by atoms with Crippen LogP contribution in [0.25, 0.3) is 0 Å². The van der Waals surface area contributed by atoms with Crippen molar-refractivity contribution in [1.29, 1.82) is 0 Å². The van der Waals surface area contributed by atoms with Gasteiger partial charge in [-0.2, -0.15) is 0 Å². The van der Waals surface area contributed by atoms with Crippen LogP contribution in [0.1, 0.15) is 39.5 Å². The number of urea groups is 1. The Morgan fingerprint density at radius 2 is 1.89 bits per heavy atom. The second-order valence-electron chi connectivity index (χ2n) is 4.99. The predicted molar refractivity (Wildman–Crippen MR) is 75.5 cm³/mol. The summed E-state index contributed by atoms with van der Waals surface area (Å²) in [6, 6.07) is -0.207. The van der Waals surface area contributed by atoms with Gasteiger partial charge in [-0.3, -0.25) is 0 Å². The zero-order valence-corrected chi connectivity index (χ0v) is 12.6. The molecule has 2 amide bonds. The van der Waals surface area contributed by atoms with E-state index in [0.29, 0.717) is 13.1 Å². The molecule has 1 atom stereocenters. The Labute approximate surface area is 116 Å². The van der Waals surface area contributed by atoms with E-state index in [1.807, 2.05) is 13.8 Å². The molecule has 0 saturated carbocycles. The summed E-state index contributed by atoms with van der Waals surface area (Å²) < 4.78 is 25.5. The number of rotatable bonds is 6. The van der Waals surface area contributed by atoms with Crippen LogP contribution in [0.5, 0.6) is 0 Å². The zero-order chi connectivity index (χ0) is 14.3. The van der Waals surface area contributed by atoms with Crippen molar-refractivity contribution in [2.75, 3.05) is 25.4 Å². The van der Waals surface area contributed by atoms with Crippen LogP contribution in [0.15, 0.2) is 0 Å². The van der Waals surface area contributed by atoms with Crippen LogP contribution in [-0.4, -0.2) is 50.2 Å². The number of carbonyl (C=O) groups excluding carboxylic acids is 1. The van der Waals surface area contributed by atoms with Crippen molar-refractivity contribution in [2.45, 2.75) is 45.6 Å². The van der Waals surface area contributed by atoms with Crippen molar-refractivity contribution < 1.29 is 13.2 Å². The van der Waals surface area contributed by atoms with Crippen molar-refractivity contribution in [2.24, 2.45) is 0 Å². The average molecular weight is 291 g/mol. The summed E-state index contributed by atoms with van der Waals surface area (Å²) in [4.78, 5) is 11.4. The summed E-state index contributed by atoms with van der Waals surface area (Å²) >= 11 is 0. The molecule has 0 aromatic carbocycles. The summed E-state index contributed by atoms with van der Waals surface area (Å²) in [5.74, 6) is -0.0269. The lowest BCUT2D eigenvalue weighted by Gasteiger charge is -2.25. The highest BCUT2D eigenvalue weighted by molar-refractivity contribution is 7.89. The van der Waals surface area contributed by atoms with Gasteiger partial charge in [0.15, 0.2) is 0 Å². The number of sulfonamides is 1. The fraction of sp³-hybridized carbons (Fsp3) is 0.917. The molecule has 1 heterocycles. The molecule has 7 heteroatoms. The van der Waals surface area contributed by atoms with Gasteiger partial charge >= 0.3 is 6.03 Å². The van der Waals surface area contributed by atoms with E-state index in [9.17, 15) is 13.2 Å². The van der Waals surface area contributed by atoms with Crippen LogP contribution in [0.3, 0.4) is 0 Å². The lowest BCUT2D eigenvalue weighted by Crippen LogP contribution is -2.44. The third-order valence-electron chi connectivity index (χ3n) is 3.34. The quantitative estimate of drug-likeness (QED) is 0.763. The standard InChI is InChI=1S/C12H25N3O3S/c1-3-11(2)14-12(16)13-7-10-19(17,18)15-8-5-4-6-9-15/h11H,3-10H2,1-2H3,(H2,13,14,16). The highest BCUT2D eigenvalue weighted by Gasteiger charge is 2.23. The van der Waals surface area contributed by atoms with Crippen LogP contribution in [0.4, 0.5) is 4.79 Å². The molecule has 0 bridgehead atoms. The summed E-state index contributed by atoms with van der Waals surface area (Å²) in [6.07, 6.45) is 3.81. The molecule has 2 N–H and O–H groups in total. The highest BCUT2D eigenvalue weighted by atomic mass is 32.2. The number of hydrogen-bond acceptors (Lipinski definition) is 3. The van der Waals surface area contributed by atoms with Gasteiger partial charge in [-0.25, -0.2) is 17.5 Å². The van der Waals surface area contributed by atoms with Crippen LogP contribution in [0, 0.1) is 0 Å². The monoisotopic (exact) mass is 291 g/mol. The van der Waals surface area contributed by atoms with Gasteiger partial charge in [0.2, 0.25) is 10.0 Å². The first-order chi connectivity index (χ1) is 8.95. The summed E-state index contributed by atoms with van der Waals surface area (Å²) in [6.45, 7) is 5.26. The molecule has 112 valence electrons. The first kappa shape index (κ1) is 16.2. The minimum Gasteiger partial charge on any atom is -0.337 e. The van der Waals surface area contributed by atoms with E-state index in [1.54, 1.807) is 0 Å². The van der Waals surface area contributed by atoms with Crippen molar-refractivity contribution >= 4 is 16.1 Å². The SMILES string of the molecule is CCC(C)NC(=O)NCCS(=O)(=O)N1CCCCC1. The topological polar surface area (TPSA) is 78.5 Å². The van der Waals surface area contributed by atoms with Gasteiger partial charge < -0.3 is 10.6 Å². The molecule has 0 aromatic heterocycles. The molecule has 1 aliphatic heterocycles. The van der Waals surface area contributed by atoms with Gasteiger partial charge in [-0.1, -0.05) is 13.3 Å². The van der Waals surface area contributed by atoms with Crippen LogP contribution >= 0.6 is 0 Å². The number of piperidine rings is 1. The average Bonchev–Trinajstić information content (AvgIpc) is 2.39. The minimum absolute atomic E-state index is 0.0269. The van der Waals surface area contributed by atoms with Crippen molar-refractivity contribution in [3.05, 3.63) is 0 Å². The van der Waals surface area contributed by atoms with Crippen molar-refractivity contribution in [1.82, 2.24) is 14.9 Å². The molecule has 19 heavy (non-hydrogen) atoms.